The molecule has 4 atom stereocenters. The summed E-state index contributed by atoms with van der Waals surface area (Å²) in [6.07, 6.45) is 0.975. The summed E-state index contributed by atoms with van der Waals surface area (Å²) in [5.74, 6) is 0.225. The zero-order chi connectivity index (χ0) is 24.1. The molecule has 6 rings (SSSR count). The van der Waals surface area contributed by atoms with Crippen molar-refractivity contribution in [3.05, 3.63) is 53.8 Å². The summed E-state index contributed by atoms with van der Waals surface area (Å²) in [6, 6.07) is 11.9. The fraction of sp³-hybridized carbons (Fsp3) is 0.385. The minimum Gasteiger partial charge on any atom is -0.352 e. The van der Waals surface area contributed by atoms with E-state index in [1.165, 1.54) is 17.0 Å². The van der Waals surface area contributed by atoms with Gasteiger partial charge in [-0.25, -0.2) is 18.2 Å². The van der Waals surface area contributed by atoms with Gasteiger partial charge in [-0.2, -0.15) is 0 Å². The van der Waals surface area contributed by atoms with Gasteiger partial charge in [0.2, 0.25) is 0 Å². The highest BCUT2D eigenvalue weighted by molar-refractivity contribution is 5.91. The van der Waals surface area contributed by atoms with Gasteiger partial charge in [-0.05, 0) is 36.6 Å². The Morgan fingerprint density at radius 1 is 1.11 bits per heavy atom. The van der Waals surface area contributed by atoms with Crippen molar-refractivity contribution in [3.8, 4) is 11.5 Å². The standard InChI is InChI=1S/C26H25F3N5O/c27-15-5-6-24-23(9-15)32-26(34(24)13-18-7-16(28)11-30-18)25-21(20-3-1-2-4-22(20)31-25)10-19-8-17(29)12-33(19)14-35/h1-6,9,16-19,30-31H,7-8,10-13H2/t16-,17-,18-,19-/m0/s1. The Labute approximate surface area is 200 Å². The molecule has 9 heteroatoms. The molecule has 4 aromatic rings. The number of imidazole rings is 1. The van der Waals surface area contributed by atoms with Gasteiger partial charge in [-0.1, -0.05) is 18.2 Å². The molecule has 0 saturated carbocycles. The highest BCUT2D eigenvalue weighted by atomic mass is 19.1. The smallest absolute Gasteiger partial charge is 0.312 e. The van der Waals surface area contributed by atoms with E-state index in [1.807, 2.05) is 35.2 Å². The molecule has 2 N–H and O–H groups in total. The molecule has 2 aromatic heterocycles. The lowest BCUT2D eigenvalue weighted by atomic mass is 10.00. The number of hydrogen-bond donors (Lipinski definition) is 2. The van der Waals surface area contributed by atoms with Crippen LogP contribution in [0.2, 0.25) is 0 Å². The van der Waals surface area contributed by atoms with E-state index < -0.39 is 12.3 Å². The molecule has 2 aromatic carbocycles. The Balaban J connectivity index is 1.50. The number of halogens is 3. The molecule has 2 aliphatic rings. The van der Waals surface area contributed by atoms with Gasteiger partial charge in [0, 0.05) is 48.6 Å². The Bertz CT molecular complexity index is 1400. The predicted octanol–water partition coefficient (Wildman–Crippen LogP) is 4.05. The number of nitrogens with one attached hydrogen (secondary N) is 2. The first-order valence-electron chi connectivity index (χ1n) is 11.9. The third-order valence-corrected chi connectivity index (χ3v) is 7.24. The fourth-order valence-electron chi connectivity index (χ4n) is 5.61. The SMILES string of the molecule is O=[C]N1C[C@@H](F)C[C@H]1Cc1c(-c2nc3cc(F)ccc3n2C[C@@H]2C[C@H](F)CN2)[nH]c2ccccc12. The lowest BCUT2D eigenvalue weighted by molar-refractivity contribution is 0.330. The molecule has 1 amide bonds. The Morgan fingerprint density at radius 3 is 2.77 bits per heavy atom. The van der Waals surface area contributed by atoms with E-state index in [0.29, 0.717) is 37.3 Å². The summed E-state index contributed by atoms with van der Waals surface area (Å²) in [7, 11) is 0. The normalized spacial score (nSPS) is 24.7. The maximum atomic E-state index is 14.2. The highest BCUT2D eigenvalue weighted by Crippen LogP contribution is 2.35. The van der Waals surface area contributed by atoms with Crippen LogP contribution in [0.5, 0.6) is 0 Å². The Morgan fingerprint density at radius 2 is 1.97 bits per heavy atom. The van der Waals surface area contributed by atoms with Crippen LogP contribution in [0.3, 0.4) is 0 Å². The van der Waals surface area contributed by atoms with Crippen LogP contribution in [0.25, 0.3) is 33.5 Å². The van der Waals surface area contributed by atoms with E-state index >= 15 is 0 Å². The monoisotopic (exact) mass is 480 g/mol. The third-order valence-electron chi connectivity index (χ3n) is 7.24. The zero-order valence-electron chi connectivity index (χ0n) is 19.0. The molecule has 0 spiro atoms. The van der Waals surface area contributed by atoms with E-state index in [0.717, 1.165) is 27.7 Å². The van der Waals surface area contributed by atoms with Crippen molar-refractivity contribution in [2.24, 2.45) is 0 Å². The molecule has 2 aliphatic heterocycles. The average molecular weight is 481 g/mol. The van der Waals surface area contributed by atoms with Crippen LogP contribution in [-0.2, 0) is 17.8 Å². The number of fused-ring (bicyclic) bond motifs is 2. The van der Waals surface area contributed by atoms with Crippen LogP contribution in [0.4, 0.5) is 13.2 Å². The summed E-state index contributed by atoms with van der Waals surface area (Å²) < 4.78 is 44.1. The van der Waals surface area contributed by atoms with Crippen molar-refractivity contribution in [2.45, 2.75) is 50.2 Å². The summed E-state index contributed by atoms with van der Waals surface area (Å²) in [5.41, 5.74) is 3.81. The van der Waals surface area contributed by atoms with Crippen LogP contribution in [0.15, 0.2) is 42.5 Å². The topological polar surface area (TPSA) is 66.0 Å². The van der Waals surface area contributed by atoms with Gasteiger partial charge in [0.15, 0.2) is 5.82 Å². The second kappa shape index (κ2) is 8.71. The van der Waals surface area contributed by atoms with Gasteiger partial charge in [0.25, 0.3) is 0 Å². The average Bonchev–Trinajstić information content (AvgIpc) is 3.60. The van der Waals surface area contributed by atoms with Gasteiger partial charge < -0.3 is 19.8 Å². The van der Waals surface area contributed by atoms with Crippen molar-refractivity contribution < 1.29 is 18.0 Å². The van der Waals surface area contributed by atoms with E-state index in [4.69, 9.17) is 4.98 Å². The first kappa shape index (κ1) is 22.2. The largest absolute Gasteiger partial charge is 0.352 e. The molecular formula is C26H25F3N5O. The molecule has 6 nitrogen and oxygen atoms in total. The van der Waals surface area contributed by atoms with Crippen molar-refractivity contribution >= 4 is 28.3 Å². The van der Waals surface area contributed by atoms with E-state index in [-0.39, 0.29) is 30.9 Å². The van der Waals surface area contributed by atoms with Crippen molar-refractivity contribution in [1.29, 1.82) is 0 Å². The van der Waals surface area contributed by atoms with E-state index in [2.05, 4.69) is 10.3 Å². The van der Waals surface area contributed by atoms with Crippen LogP contribution < -0.4 is 5.32 Å². The van der Waals surface area contributed by atoms with E-state index in [9.17, 15) is 18.0 Å². The van der Waals surface area contributed by atoms with Gasteiger partial charge in [0.05, 0.1) is 23.3 Å². The number of nitrogens with zero attached hydrogens (tertiary/aromatic N) is 3. The summed E-state index contributed by atoms with van der Waals surface area (Å²) in [4.78, 5) is 21.1. The number of aromatic nitrogens is 3. The van der Waals surface area contributed by atoms with Crippen molar-refractivity contribution in [2.75, 3.05) is 13.1 Å². The molecule has 1 radical (unpaired) electrons. The van der Waals surface area contributed by atoms with Crippen LogP contribution in [-0.4, -0.2) is 63.4 Å². The number of rotatable bonds is 6. The molecule has 35 heavy (non-hydrogen) atoms. The Hall–Kier alpha value is -3.33. The number of likely N-dealkylation sites (tertiary alicyclic amines) is 1. The number of amides is 1. The van der Waals surface area contributed by atoms with E-state index in [1.54, 1.807) is 6.07 Å². The maximum Gasteiger partial charge on any atom is 0.312 e. The second-order valence-electron chi connectivity index (χ2n) is 9.58. The number of benzene rings is 2. The van der Waals surface area contributed by atoms with Gasteiger partial charge in [0.1, 0.15) is 18.2 Å². The molecular weight excluding hydrogens is 455 g/mol. The zero-order valence-corrected chi connectivity index (χ0v) is 19.0. The second-order valence-corrected chi connectivity index (χ2v) is 9.58. The molecule has 2 saturated heterocycles. The van der Waals surface area contributed by atoms with Crippen LogP contribution in [0, 0.1) is 5.82 Å². The van der Waals surface area contributed by atoms with Crippen molar-refractivity contribution in [1.82, 2.24) is 24.8 Å². The maximum absolute atomic E-state index is 14.2. The molecule has 0 bridgehead atoms. The molecule has 2 fully saturated rings. The summed E-state index contributed by atoms with van der Waals surface area (Å²) in [6.45, 7) is 0.821. The minimum atomic E-state index is -1.08. The number of carbonyl (C=O) groups excluding carboxylic acids is 1. The molecule has 4 heterocycles. The lowest BCUT2D eigenvalue weighted by Gasteiger charge is -2.19. The van der Waals surface area contributed by atoms with Gasteiger partial charge >= 0.3 is 6.41 Å². The van der Waals surface area contributed by atoms with Gasteiger partial charge in [-0.3, -0.25) is 4.79 Å². The fourth-order valence-corrected chi connectivity index (χ4v) is 5.61. The third kappa shape index (κ3) is 3.97. The van der Waals surface area contributed by atoms with Crippen LogP contribution in [0.1, 0.15) is 18.4 Å². The quantitative estimate of drug-likeness (QED) is 0.438. The first-order chi connectivity index (χ1) is 17.0. The number of alkyl halides is 2. The van der Waals surface area contributed by atoms with Crippen molar-refractivity contribution in [3.63, 3.8) is 0 Å². The molecule has 181 valence electrons. The minimum absolute atomic E-state index is 0.0430. The summed E-state index contributed by atoms with van der Waals surface area (Å²) in [5, 5.41) is 4.18. The van der Waals surface area contributed by atoms with Crippen LogP contribution >= 0.6 is 0 Å². The first-order valence-corrected chi connectivity index (χ1v) is 11.9. The summed E-state index contributed by atoms with van der Waals surface area (Å²) >= 11 is 0. The van der Waals surface area contributed by atoms with Gasteiger partial charge in [-0.15, -0.1) is 0 Å². The predicted molar refractivity (Wildman–Crippen MR) is 128 cm³/mol. The number of para-hydroxylation sites is 1. The molecule has 0 aliphatic carbocycles. The lowest BCUT2D eigenvalue weighted by Crippen LogP contribution is -2.30. The number of H-pyrrole nitrogens is 1. The number of aromatic amines is 1. The highest BCUT2D eigenvalue weighted by Gasteiger charge is 2.34. The Kier molecular flexibility index (Phi) is 5.51. The molecule has 0 unspecified atom stereocenters. The number of hydrogen-bond acceptors (Lipinski definition) is 3.